The van der Waals surface area contributed by atoms with Crippen LogP contribution in [0.15, 0.2) is 54.7 Å². The van der Waals surface area contributed by atoms with Crippen LogP contribution in [0.2, 0.25) is 10.0 Å². The number of likely N-dealkylation sites (tertiary alicyclic amines) is 1. The maximum Gasteiger partial charge on any atom is 0.451 e. The van der Waals surface area contributed by atoms with Gasteiger partial charge in [0.05, 0.1) is 51.9 Å². The quantitative estimate of drug-likeness (QED) is 0.106. The van der Waals surface area contributed by atoms with E-state index in [1.165, 1.54) is 13.2 Å². The minimum Gasteiger partial charge on any atom is -0.468 e. The monoisotopic (exact) mass is 811 g/mol. The minimum absolute atomic E-state index is 0.0128. The van der Waals surface area contributed by atoms with Gasteiger partial charge in [0, 0.05) is 43.5 Å². The Kier molecular flexibility index (Phi) is 11.0. The van der Waals surface area contributed by atoms with Crippen LogP contribution in [-0.2, 0) is 28.8 Å². The summed E-state index contributed by atoms with van der Waals surface area (Å²) in [5.74, 6) is -2.48. The van der Waals surface area contributed by atoms with E-state index in [4.69, 9.17) is 27.9 Å². The van der Waals surface area contributed by atoms with Crippen molar-refractivity contribution in [3.63, 3.8) is 0 Å². The van der Waals surface area contributed by atoms with E-state index in [1.54, 1.807) is 67.2 Å². The molecule has 18 heteroatoms. The fraction of sp³-hybridized carbons (Fsp3) is 0.368. The van der Waals surface area contributed by atoms with Gasteiger partial charge in [0.2, 0.25) is 5.82 Å². The highest BCUT2D eigenvalue weighted by molar-refractivity contribution is 6.39. The van der Waals surface area contributed by atoms with E-state index >= 15 is 0 Å². The Balaban J connectivity index is 1.14. The molecule has 0 radical (unpaired) electrons. The van der Waals surface area contributed by atoms with Crippen LogP contribution in [0.25, 0.3) is 22.2 Å². The van der Waals surface area contributed by atoms with Gasteiger partial charge in [-0.2, -0.15) is 18.3 Å². The smallest absolute Gasteiger partial charge is 0.451 e. The highest BCUT2D eigenvalue weighted by Gasteiger charge is 2.37. The molecule has 56 heavy (non-hydrogen) atoms. The SMILES string of the molecule is COC(=O)C(C)(C)N[C@@H]1CCCn2nc(C(=O)Nc3cccc(-c4cccc(Nc5nc(C(F)(F)F)nc6cc(CN7CC[C@@H](O)C7)cnc56)c4Cl)c3Cl)cc21. The van der Waals surface area contributed by atoms with Gasteiger partial charge in [0.25, 0.3) is 5.91 Å². The molecule has 13 nitrogen and oxygen atoms in total. The normalized spacial score (nSPS) is 17.5. The number of aryl methyl sites for hydroxylation is 1. The Morgan fingerprint density at radius 3 is 2.39 bits per heavy atom. The molecule has 7 rings (SSSR count). The number of methoxy groups -OCH3 is 1. The molecule has 5 aromatic rings. The molecule has 0 saturated carbocycles. The molecule has 1 fully saturated rings. The number of carbonyl (C=O) groups excluding carboxylic acids is 2. The third-order valence-corrected chi connectivity index (χ3v) is 10.6. The molecule has 3 aromatic heterocycles. The van der Waals surface area contributed by atoms with Gasteiger partial charge in [-0.1, -0.05) is 47.5 Å². The summed E-state index contributed by atoms with van der Waals surface area (Å²) in [6, 6.07) is 12.9. The zero-order chi connectivity index (χ0) is 39.9. The van der Waals surface area contributed by atoms with E-state index in [2.05, 4.69) is 36.0 Å². The second-order valence-corrected chi connectivity index (χ2v) is 15.1. The topological polar surface area (TPSA) is 159 Å². The molecule has 0 unspecified atom stereocenters. The maximum atomic E-state index is 14.0. The largest absolute Gasteiger partial charge is 0.468 e. The number of esters is 1. The van der Waals surface area contributed by atoms with Crippen molar-refractivity contribution < 1.29 is 32.6 Å². The third kappa shape index (κ3) is 8.16. The van der Waals surface area contributed by atoms with Crippen molar-refractivity contribution in [2.75, 3.05) is 30.8 Å². The maximum absolute atomic E-state index is 14.0. The number of rotatable bonds is 10. The highest BCUT2D eigenvalue weighted by Crippen LogP contribution is 2.42. The highest BCUT2D eigenvalue weighted by atomic mass is 35.5. The van der Waals surface area contributed by atoms with Crippen LogP contribution in [0.5, 0.6) is 0 Å². The second-order valence-electron chi connectivity index (χ2n) is 14.3. The third-order valence-electron chi connectivity index (χ3n) is 9.78. The number of hydrogen-bond acceptors (Lipinski definition) is 11. The molecule has 1 amide bonds. The number of anilines is 3. The molecule has 2 aliphatic heterocycles. The molecule has 2 atom stereocenters. The number of pyridine rings is 1. The lowest BCUT2D eigenvalue weighted by Gasteiger charge is -2.32. The van der Waals surface area contributed by atoms with Gasteiger partial charge in [0.15, 0.2) is 11.5 Å². The predicted octanol–water partition coefficient (Wildman–Crippen LogP) is 7.15. The number of aliphatic hydroxyl groups excluding tert-OH is 1. The van der Waals surface area contributed by atoms with Crippen LogP contribution < -0.4 is 16.0 Å². The number of nitrogens with one attached hydrogen (secondary N) is 3. The van der Waals surface area contributed by atoms with Crippen molar-refractivity contribution in [2.24, 2.45) is 0 Å². The standard InChI is InChI=1S/C38H38Cl2F3N9O4/c1-37(2,36(55)56-3)49-24-11-6-13-52-29(24)16-28(50-52)34(54)46-26-10-5-8-23(31(26)40)22-7-4-9-25(30(22)39)45-33-32-27(47-35(48-33)38(41,42)43)15-20(17-44-32)18-51-14-12-21(53)19-51/h4-5,7-10,15-17,21,24,49,53H,6,11-14,18-19H2,1-3H3,(H,46,54)(H,45,47,48)/t21-,24-/m1/s1. The van der Waals surface area contributed by atoms with Gasteiger partial charge < -0.3 is 20.5 Å². The molecule has 0 spiro atoms. The Labute approximate surface area is 329 Å². The van der Waals surface area contributed by atoms with Gasteiger partial charge in [-0.3, -0.25) is 29.5 Å². The van der Waals surface area contributed by atoms with Crippen LogP contribution in [0.3, 0.4) is 0 Å². The number of aromatic nitrogens is 5. The van der Waals surface area contributed by atoms with E-state index in [1.807, 2.05) is 4.90 Å². The minimum atomic E-state index is -4.85. The average molecular weight is 813 g/mol. The van der Waals surface area contributed by atoms with Crippen molar-refractivity contribution in [3.8, 4) is 11.1 Å². The summed E-state index contributed by atoms with van der Waals surface area (Å²) in [5, 5.41) is 23.8. The number of aliphatic hydroxyl groups is 1. The van der Waals surface area contributed by atoms with Crippen molar-refractivity contribution in [1.82, 2.24) is 34.9 Å². The van der Waals surface area contributed by atoms with Crippen LogP contribution in [0.4, 0.5) is 30.4 Å². The van der Waals surface area contributed by atoms with Gasteiger partial charge in [-0.25, -0.2) is 9.97 Å². The number of alkyl halides is 3. The van der Waals surface area contributed by atoms with Gasteiger partial charge >= 0.3 is 12.1 Å². The summed E-state index contributed by atoms with van der Waals surface area (Å²) in [7, 11) is 1.33. The van der Waals surface area contributed by atoms with Gasteiger partial charge in [-0.15, -0.1) is 0 Å². The lowest BCUT2D eigenvalue weighted by molar-refractivity contribution is -0.147. The lowest BCUT2D eigenvalue weighted by Crippen LogP contribution is -2.50. The Bertz CT molecular complexity index is 2320. The fourth-order valence-corrected chi connectivity index (χ4v) is 7.60. The first-order chi connectivity index (χ1) is 26.6. The number of carbonyl (C=O) groups is 2. The number of fused-ring (bicyclic) bond motifs is 2. The summed E-state index contributed by atoms with van der Waals surface area (Å²) < 4.78 is 48.8. The lowest BCUT2D eigenvalue weighted by atomic mass is 9.98. The zero-order valence-corrected chi connectivity index (χ0v) is 32.1. The van der Waals surface area contributed by atoms with Gasteiger partial charge in [-0.05, 0) is 62.9 Å². The first-order valence-electron chi connectivity index (χ1n) is 17.8. The Morgan fingerprint density at radius 1 is 1.00 bits per heavy atom. The van der Waals surface area contributed by atoms with Crippen LogP contribution in [0, 0.1) is 0 Å². The van der Waals surface area contributed by atoms with E-state index in [0.717, 1.165) is 18.5 Å². The van der Waals surface area contributed by atoms with Crippen molar-refractivity contribution >= 4 is 63.3 Å². The first-order valence-corrected chi connectivity index (χ1v) is 18.6. The molecule has 0 aliphatic carbocycles. The summed E-state index contributed by atoms with van der Waals surface area (Å²) in [6.07, 6.45) is -1.62. The number of β-amino-alcohol motifs (C(OH)–C–C–N with tert-alkyl or cyclic N) is 1. The number of hydrogen-bond donors (Lipinski definition) is 4. The summed E-state index contributed by atoms with van der Waals surface area (Å²) in [6.45, 7) is 5.56. The van der Waals surface area contributed by atoms with Crippen molar-refractivity contribution in [2.45, 2.75) is 70.1 Å². The van der Waals surface area contributed by atoms with Crippen LogP contribution >= 0.6 is 23.2 Å². The molecule has 1 saturated heterocycles. The predicted molar refractivity (Wildman–Crippen MR) is 205 cm³/mol. The molecule has 0 bridgehead atoms. The van der Waals surface area contributed by atoms with E-state index in [0.29, 0.717) is 49.3 Å². The first kappa shape index (κ1) is 39.4. The molecule has 5 heterocycles. The fourth-order valence-electron chi connectivity index (χ4n) is 7.05. The van der Waals surface area contributed by atoms with Crippen LogP contribution in [-0.4, -0.2) is 78.5 Å². The van der Waals surface area contributed by atoms with E-state index in [-0.39, 0.29) is 50.0 Å². The Morgan fingerprint density at radius 2 is 1.71 bits per heavy atom. The molecule has 294 valence electrons. The van der Waals surface area contributed by atoms with Crippen molar-refractivity contribution in [3.05, 3.63) is 87.5 Å². The van der Waals surface area contributed by atoms with Gasteiger partial charge in [0.1, 0.15) is 11.1 Å². The number of amides is 1. The number of nitrogens with zero attached hydrogens (tertiary/aromatic N) is 6. The molecule has 4 N–H and O–H groups in total. The number of ether oxygens (including phenoxy) is 1. The zero-order valence-electron chi connectivity index (χ0n) is 30.5. The average Bonchev–Trinajstić information content (AvgIpc) is 3.79. The summed E-state index contributed by atoms with van der Waals surface area (Å²) in [4.78, 5) is 39.9. The van der Waals surface area contributed by atoms with E-state index < -0.39 is 35.5 Å². The molecule has 2 aliphatic rings. The summed E-state index contributed by atoms with van der Waals surface area (Å²) >= 11 is 13.8. The number of benzene rings is 2. The van der Waals surface area contributed by atoms with Crippen LogP contribution in [0.1, 0.15) is 66.7 Å². The Hall–Kier alpha value is -4.87. The molecule has 2 aromatic carbocycles. The van der Waals surface area contributed by atoms with Crippen molar-refractivity contribution in [1.29, 1.82) is 0 Å². The summed E-state index contributed by atoms with van der Waals surface area (Å²) in [5.41, 5.74) is 2.03. The second kappa shape index (κ2) is 15.6. The molecular weight excluding hydrogens is 774 g/mol. The number of halogens is 5. The molecular formula is C38H38Cl2F3N9O4. The van der Waals surface area contributed by atoms with E-state index in [9.17, 15) is 27.9 Å².